The fourth-order valence-corrected chi connectivity index (χ4v) is 4.46. The van der Waals surface area contributed by atoms with Gasteiger partial charge in [-0.2, -0.15) is 0 Å². The molecule has 4 rings (SSSR count). The van der Waals surface area contributed by atoms with Crippen molar-refractivity contribution in [3.05, 3.63) is 35.4 Å². The predicted octanol–water partition coefficient (Wildman–Crippen LogP) is 1.87. The Morgan fingerprint density at radius 1 is 1.50 bits per heavy atom. The fourth-order valence-electron chi connectivity index (χ4n) is 4.46. The van der Waals surface area contributed by atoms with E-state index in [9.17, 15) is 15.0 Å². The number of aliphatic hydroxyl groups is 1. The van der Waals surface area contributed by atoms with E-state index in [0.29, 0.717) is 12.2 Å². The van der Waals surface area contributed by atoms with Gasteiger partial charge in [-0.05, 0) is 44.6 Å². The number of nitrogens with zero attached hydrogens (tertiary/aromatic N) is 1. The molecule has 2 N–H and O–H groups in total. The maximum Gasteiger partial charge on any atom is 0.308 e. The minimum atomic E-state index is -0.717. The summed E-state index contributed by atoms with van der Waals surface area (Å²) in [5.74, 6) is 0.326. The maximum atomic E-state index is 11.9. The van der Waals surface area contributed by atoms with Crippen LogP contribution in [0.1, 0.15) is 37.3 Å². The predicted molar refractivity (Wildman–Crippen MR) is 95.1 cm³/mol. The molecule has 4 atom stereocenters. The van der Waals surface area contributed by atoms with Crippen molar-refractivity contribution in [1.29, 1.82) is 0 Å². The van der Waals surface area contributed by atoms with Gasteiger partial charge in [0.1, 0.15) is 12.2 Å². The maximum absolute atomic E-state index is 11.9. The standard InChI is InChI=1S/C20H25NO5/c1-12(22)9-17(24)25-14-5-6-20-7-8-21(2)11-13-3-4-15(23)19(18(13)20)26-16(20)10-14/h3-6,12,14,16,22-23H,7-11H2,1-2H3/t12-,14-,16-,20-/m0/s1. The molecule has 140 valence electrons. The number of carbonyl (C=O) groups is 1. The van der Waals surface area contributed by atoms with Crippen LogP contribution < -0.4 is 4.74 Å². The van der Waals surface area contributed by atoms with Crippen LogP contribution in [-0.2, 0) is 21.5 Å². The van der Waals surface area contributed by atoms with Gasteiger partial charge in [-0.1, -0.05) is 12.1 Å². The van der Waals surface area contributed by atoms with Gasteiger partial charge in [-0.15, -0.1) is 0 Å². The Bertz CT molecular complexity index is 759. The van der Waals surface area contributed by atoms with Crippen molar-refractivity contribution in [2.45, 2.75) is 56.5 Å². The summed E-state index contributed by atoms with van der Waals surface area (Å²) in [6.45, 7) is 3.31. The van der Waals surface area contributed by atoms with Crippen LogP contribution >= 0.6 is 0 Å². The Hall–Kier alpha value is -2.05. The Kier molecular flexibility index (Phi) is 4.20. The van der Waals surface area contributed by atoms with Crippen molar-refractivity contribution in [1.82, 2.24) is 4.90 Å². The van der Waals surface area contributed by atoms with E-state index in [4.69, 9.17) is 9.47 Å². The first-order valence-corrected chi connectivity index (χ1v) is 9.16. The molecule has 0 radical (unpaired) electrons. The van der Waals surface area contributed by atoms with Gasteiger partial charge < -0.3 is 24.6 Å². The molecule has 2 heterocycles. The Balaban J connectivity index is 1.66. The average Bonchev–Trinajstić information content (AvgIpc) is 2.83. The lowest BCUT2D eigenvalue weighted by molar-refractivity contribution is -0.150. The van der Waals surface area contributed by atoms with E-state index in [1.807, 2.05) is 12.1 Å². The summed E-state index contributed by atoms with van der Waals surface area (Å²) in [5.41, 5.74) is 1.97. The molecule has 0 aromatic heterocycles. The number of aliphatic hydroxyl groups excluding tert-OH is 1. The van der Waals surface area contributed by atoms with E-state index in [-0.39, 0.29) is 29.8 Å². The molecule has 1 spiro atoms. The number of aromatic hydroxyl groups is 1. The molecule has 26 heavy (non-hydrogen) atoms. The molecule has 1 aromatic rings. The summed E-state index contributed by atoms with van der Waals surface area (Å²) < 4.78 is 11.7. The third-order valence-corrected chi connectivity index (χ3v) is 5.67. The fraction of sp³-hybridized carbons (Fsp3) is 0.550. The van der Waals surface area contributed by atoms with Crippen molar-refractivity contribution in [3.63, 3.8) is 0 Å². The molecule has 6 nitrogen and oxygen atoms in total. The first-order chi connectivity index (χ1) is 12.4. The largest absolute Gasteiger partial charge is 0.504 e. The number of rotatable bonds is 3. The van der Waals surface area contributed by atoms with E-state index in [2.05, 4.69) is 18.0 Å². The zero-order valence-electron chi connectivity index (χ0n) is 15.1. The zero-order valence-corrected chi connectivity index (χ0v) is 15.1. The smallest absolute Gasteiger partial charge is 0.308 e. The second kappa shape index (κ2) is 6.28. The number of hydrogen-bond donors (Lipinski definition) is 2. The van der Waals surface area contributed by atoms with Crippen LogP contribution in [0.25, 0.3) is 0 Å². The SMILES string of the molecule is C[C@H](O)CC(=O)O[C@H]1C=C[C@@]23CCN(C)Cc4ccc(O)c(c42)O[C@H]3C1. The molecule has 1 aromatic carbocycles. The number of esters is 1. The second-order valence-corrected chi connectivity index (χ2v) is 7.76. The highest BCUT2D eigenvalue weighted by atomic mass is 16.5. The number of hydrogen-bond acceptors (Lipinski definition) is 6. The van der Waals surface area contributed by atoms with Crippen LogP contribution in [0.2, 0.25) is 0 Å². The van der Waals surface area contributed by atoms with Crippen LogP contribution in [0.5, 0.6) is 11.5 Å². The van der Waals surface area contributed by atoms with E-state index in [1.165, 1.54) is 5.56 Å². The molecule has 0 unspecified atom stereocenters. The van der Waals surface area contributed by atoms with E-state index < -0.39 is 12.1 Å². The normalized spacial score (nSPS) is 30.7. The highest BCUT2D eigenvalue weighted by molar-refractivity contribution is 5.70. The summed E-state index contributed by atoms with van der Waals surface area (Å²) in [4.78, 5) is 14.2. The summed E-state index contributed by atoms with van der Waals surface area (Å²) in [5, 5.41) is 19.7. The van der Waals surface area contributed by atoms with E-state index >= 15 is 0 Å². The van der Waals surface area contributed by atoms with E-state index in [0.717, 1.165) is 25.1 Å². The Morgan fingerprint density at radius 2 is 2.31 bits per heavy atom. The number of carbonyl (C=O) groups excluding carboxylic acids is 1. The third-order valence-electron chi connectivity index (χ3n) is 5.67. The van der Waals surface area contributed by atoms with Crippen LogP contribution in [0.3, 0.4) is 0 Å². The Morgan fingerprint density at radius 3 is 3.08 bits per heavy atom. The monoisotopic (exact) mass is 359 g/mol. The molecule has 2 aliphatic heterocycles. The van der Waals surface area contributed by atoms with Gasteiger partial charge in [-0.3, -0.25) is 4.79 Å². The molecule has 6 heteroatoms. The van der Waals surface area contributed by atoms with Crippen molar-refractivity contribution in [2.24, 2.45) is 0 Å². The van der Waals surface area contributed by atoms with Crippen molar-refractivity contribution in [3.8, 4) is 11.5 Å². The first kappa shape index (κ1) is 17.4. The van der Waals surface area contributed by atoms with Gasteiger partial charge in [-0.25, -0.2) is 0 Å². The summed E-state index contributed by atoms with van der Waals surface area (Å²) >= 11 is 0. The highest BCUT2D eigenvalue weighted by Crippen LogP contribution is 2.55. The van der Waals surface area contributed by atoms with Gasteiger partial charge in [0.2, 0.25) is 0 Å². The van der Waals surface area contributed by atoms with Gasteiger partial charge in [0, 0.05) is 18.5 Å². The van der Waals surface area contributed by atoms with Gasteiger partial charge in [0.25, 0.3) is 0 Å². The van der Waals surface area contributed by atoms with Gasteiger partial charge >= 0.3 is 5.97 Å². The average molecular weight is 359 g/mol. The van der Waals surface area contributed by atoms with Crippen LogP contribution in [0.15, 0.2) is 24.3 Å². The summed E-state index contributed by atoms with van der Waals surface area (Å²) in [7, 11) is 2.10. The lowest BCUT2D eigenvalue weighted by atomic mass is 9.69. The van der Waals surface area contributed by atoms with Crippen LogP contribution in [0.4, 0.5) is 0 Å². The number of phenolic OH excluding ortho intramolecular Hbond substituents is 1. The van der Waals surface area contributed by atoms with E-state index in [1.54, 1.807) is 13.0 Å². The Labute approximate surface area is 153 Å². The topological polar surface area (TPSA) is 79.2 Å². The lowest BCUT2D eigenvalue weighted by Gasteiger charge is -2.36. The molecule has 3 aliphatic rings. The van der Waals surface area contributed by atoms with Crippen molar-refractivity contribution < 1.29 is 24.5 Å². The third kappa shape index (κ3) is 2.77. The lowest BCUT2D eigenvalue weighted by Crippen LogP contribution is -2.43. The molecule has 0 fully saturated rings. The number of ether oxygens (including phenoxy) is 2. The number of benzene rings is 1. The summed E-state index contributed by atoms with van der Waals surface area (Å²) in [6.07, 6.45) is 4.19. The second-order valence-electron chi connectivity index (χ2n) is 7.76. The minimum Gasteiger partial charge on any atom is -0.504 e. The van der Waals surface area contributed by atoms with Crippen molar-refractivity contribution in [2.75, 3.05) is 13.6 Å². The zero-order chi connectivity index (χ0) is 18.5. The molecule has 0 amide bonds. The van der Waals surface area contributed by atoms with Gasteiger partial charge in [0.15, 0.2) is 11.5 Å². The van der Waals surface area contributed by atoms with Crippen molar-refractivity contribution >= 4 is 5.97 Å². The summed E-state index contributed by atoms with van der Waals surface area (Å²) in [6, 6.07) is 3.67. The van der Waals surface area contributed by atoms with Crippen LogP contribution in [0, 0.1) is 0 Å². The van der Waals surface area contributed by atoms with Gasteiger partial charge in [0.05, 0.1) is 17.9 Å². The first-order valence-electron chi connectivity index (χ1n) is 9.16. The highest BCUT2D eigenvalue weighted by Gasteiger charge is 2.53. The molecule has 0 saturated carbocycles. The van der Waals surface area contributed by atoms with Crippen LogP contribution in [-0.4, -0.2) is 53.0 Å². The molecule has 0 saturated heterocycles. The molecule has 1 aliphatic carbocycles. The quantitative estimate of drug-likeness (QED) is 0.634. The molecular weight excluding hydrogens is 334 g/mol. The minimum absolute atomic E-state index is 0.0169. The molecular formula is C20H25NO5. The number of phenols is 1. The molecule has 0 bridgehead atoms.